The number of carbonyl (C=O) groups is 1. The lowest BCUT2D eigenvalue weighted by atomic mass is 10.1. The van der Waals surface area contributed by atoms with Crippen molar-refractivity contribution in [2.24, 2.45) is 5.10 Å². The van der Waals surface area contributed by atoms with Gasteiger partial charge in [0.05, 0.1) is 49.2 Å². The summed E-state index contributed by atoms with van der Waals surface area (Å²) in [6.45, 7) is 1.57. The van der Waals surface area contributed by atoms with E-state index in [0.29, 0.717) is 43.3 Å². The third kappa shape index (κ3) is 6.91. The van der Waals surface area contributed by atoms with Crippen molar-refractivity contribution >= 4 is 39.2 Å². The number of hydrazone groups is 1. The molecule has 216 valence electrons. The number of non-ortho nitro benzene ring substituents is 1. The Morgan fingerprint density at radius 1 is 1.07 bits per heavy atom. The van der Waals surface area contributed by atoms with Crippen molar-refractivity contribution in [2.75, 3.05) is 56.3 Å². The maximum absolute atomic E-state index is 13.6. The van der Waals surface area contributed by atoms with Gasteiger partial charge in [-0.1, -0.05) is 18.2 Å². The highest BCUT2D eigenvalue weighted by Crippen LogP contribution is 2.33. The Labute approximate surface area is 237 Å². The lowest BCUT2D eigenvalue weighted by Crippen LogP contribution is -2.39. The average molecular weight is 584 g/mol. The van der Waals surface area contributed by atoms with Crippen molar-refractivity contribution in [1.82, 2.24) is 5.43 Å². The van der Waals surface area contributed by atoms with Crippen molar-refractivity contribution in [3.63, 3.8) is 0 Å². The van der Waals surface area contributed by atoms with E-state index in [1.165, 1.54) is 62.9 Å². The molecule has 3 aromatic carbocycles. The molecule has 1 fully saturated rings. The number of sulfonamides is 1. The first-order chi connectivity index (χ1) is 19.7. The quantitative estimate of drug-likeness (QED) is 0.204. The Hall–Kier alpha value is -4.69. The molecule has 3 aromatic rings. The molecule has 1 N–H and O–H groups in total. The van der Waals surface area contributed by atoms with Crippen LogP contribution in [0.2, 0.25) is 0 Å². The number of nitro groups is 1. The van der Waals surface area contributed by atoms with Crippen molar-refractivity contribution in [3.05, 3.63) is 82.4 Å². The van der Waals surface area contributed by atoms with Crippen molar-refractivity contribution < 1.29 is 32.3 Å². The number of anilines is 2. The molecule has 0 aliphatic carbocycles. The van der Waals surface area contributed by atoms with Crippen molar-refractivity contribution in [1.29, 1.82) is 0 Å². The fraction of sp³-hybridized carbons (Fsp3) is 0.259. The minimum atomic E-state index is -4.18. The average Bonchev–Trinajstić information content (AvgIpc) is 3.00. The molecule has 13 nitrogen and oxygen atoms in total. The summed E-state index contributed by atoms with van der Waals surface area (Å²) in [7, 11) is -1.31. The van der Waals surface area contributed by atoms with E-state index < -0.39 is 27.4 Å². The van der Waals surface area contributed by atoms with Gasteiger partial charge in [0.25, 0.3) is 21.6 Å². The van der Waals surface area contributed by atoms with E-state index in [1.807, 2.05) is 4.90 Å². The molecule has 1 saturated heterocycles. The maximum atomic E-state index is 13.6. The molecule has 0 bridgehead atoms. The number of rotatable bonds is 11. The zero-order chi connectivity index (χ0) is 29.4. The molecule has 0 radical (unpaired) electrons. The van der Waals surface area contributed by atoms with E-state index >= 15 is 0 Å². The number of hydrogen-bond donors (Lipinski definition) is 1. The number of carbonyl (C=O) groups excluding carboxylic acids is 1. The molecule has 1 heterocycles. The predicted molar refractivity (Wildman–Crippen MR) is 152 cm³/mol. The molecule has 0 atom stereocenters. The zero-order valence-corrected chi connectivity index (χ0v) is 23.2. The van der Waals surface area contributed by atoms with Crippen LogP contribution < -0.4 is 24.1 Å². The van der Waals surface area contributed by atoms with Crippen LogP contribution in [0.5, 0.6) is 11.5 Å². The van der Waals surface area contributed by atoms with Crippen LogP contribution in [0, 0.1) is 10.1 Å². The first kappa shape index (κ1) is 29.3. The minimum Gasteiger partial charge on any atom is -0.493 e. The van der Waals surface area contributed by atoms with Crippen LogP contribution in [-0.4, -0.2) is 72.5 Å². The van der Waals surface area contributed by atoms with Crippen LogP contribution in [0.3, 0.4) is 0 Å². The van der Waals surface area contributed by atoms with Gasteiger partial charge in [0.2, 0.25) is 0 Å². The second-order valence-electron chi connectivity index (χ2n) is 8.76. The van der Waals surface area contributed by atoms with Gasteiger partial charge in [0.1, 0.15) is 6.54 Å². The van der Waals surface area contributed by atoms with E-state index in [-0.39, 0.29) is 22.0 Å². The summed E-state index contributed by atoms with van der Waals surface area (Å²) >= 11 is 0. The lowest BCUT2D eigenvalue weighted by Gasteiger charge is -2.29. The van der Waals surface area contributed by atoms with E-state index in [1.54, 1.807) is 24.3 Å². The molecule has 0 aromatic heterocycles. The standard InChI is InChI=1S/C27H29N5O8S/c1-38-25-11-9-21(17-26(25)39-2)31(41(36,37)23-6-4-3-5-7-23)19-27(33)29-28-18-20-16-22(32(34)35)8-10-24(20)30-12-14-40-15-13-30/h3-11,16-18H,12-15,19H2,1-2H3,(H,29,33)/b28-18-. The number of hydrogen-bond acceptors (Lipinski definition) is 10. The molecule has 0 saturated carbocycles. The third-order valence-electron chi connectivity index (χ3n) is 6.24. The molecule has 14 heteroatoms. The summed E-state index contributed by atoms with van der Waals surface area (Å²) < 4.78 is 44.1. The number of benzene rings is 3. The Morgan fingerprint density at radius 2 is 1.78 bits per heavy atom. The first-order valence-corrected chi connectivity index (χ1v) is 13.9. The van der Waals surface area contributed by atoms with Crippen LogP contribution >= 0.6 is 0 Å². The highest BCUT2D eigenvalue weighted by atomic mass is 32.2. The van der Waals surface area contributed by atoms with Gasteiger partial charge in [-0.25, -0.2) is 13.8 Å². The van der Waals surface area contributed by atoms with Gasteiger partial charge in [0.15, 0.2) is 11.5 Å². The van der Waals surface area contributed by atoms with E-state index in [4.69, 9.17) is 14.2 Å². The molecular weight excluding hydrogens is 554 g/mol. The number of methoxy groups -OCH3 is 2. The highest BCUT2D eigenvalue weighted by molar-refractivity contribution is 7.92. The van der Waals surface area contributed by atoms with Crippen molar-refractivity contribution in [2.45, 2.75) is 4.90 Å². The normalized spacial score (nSPS) is 13.6. The minimum absolute atomic E-state index is 0.0159. The molecule has 41 heavy (non-hydrogen) atoms. The van der Waals surface area contributed by atoms with Crippen LogP contribution in [0.15, 0.2) is 76.7 Å². The fourth-order valence-corrected chi connectivity index (χ4v) is 5.64. The Morgan fingerprint density at radius 3 is 2.44 bits per heavy atom. The van der Waals surface area contributed by atoms with Crippen LogP contribution in [-0.2, 0) is 19.6 Å². The molecule has 0 spiro atoms. The molecule has 4 rings (SSSR count). The SMILES string of the molecule is COc1ccc(N(CC(=O)N/N=C\c2cc([N+](=O)[O-])ccc2N2CCOCC2)S(=O)(=O)c2ccccc2)cc1OC. The molecule has 1 aliphatic heterocycles. The molecule has 0 unspecified atom stereocenters. The van der Waals surface area contributed by atoms with Crippen molar-refractivity contribution in [3.8, 4) is 11.5 Å². The van der Waals surface area contributed by atoms with Gasteiger partial charge < -0.3 is 19.1 Å². The summed E-state index contributed by atoms with van der Waals surface area (Å²) in [5.74, 6) is -0.0812. The van der Waals surface area contributed by atoms with E-state index in [2.05, 4.69) is 10.5 Å². The smallest absolute Gasteiger partial charge is 0.270 e. The number of amides is 1. The van der Waals surface area contributed by atoms with Gasteiger partial charge in [-0.3, -0.25) is 19.2 Å². The van der Waals surface area contributed by atoms with Gasteiger partial charge in [-0.15, -0.1) is 0 Å². The second-order valence-corrected chi connectivity index (χ2v) is 10.6. The van der Waals surface area contributed by atoms with Gasteiger partial charge in [0, 0.05) is 42.5 Å². The summed E-state index contributed by atoms with van der Waals surface area (Å²) in [6, 6.07) is 16.6. The maximum Gasteiger partial charge on any atom is 0.270 e. The van der Waals surface area contributed by atoms with Gasteiger partial charge in [-0.2, -0.15) is 5.10 Å². The Kier molecular flexibility index (Phi) is 9.37. The number of nitro benzene ring substituents is 1. The largest absolute Gasteiger partial charge is 0.493 e. The third-order valence-corrected chi connectivity index (χ3v) is 8.03. The van der Waals surface area contributed by atoms with Gasteiger partial charge >= 0.3 is 0 Å². The molecular formula is C27H29N5O8S. The van der Waals surface area contributed by atoms with Crippen LogP contribution in [0.25, 0.3) is 0 Å². The topological polar surface area (TPSA) is 153 Å². The molecule has 1 amide bonds. The summed E-state index contributed by atoms with van der Waals surface area (Å²) in [4.78, 5) is 25.8. The Bertz CT molecular complexity index is 1530. The fourth-order valence-electron chi connectivity index (χ4n) is 4.21. The monoisotopic (exact) mass is 583 g/mol. The van der Waals surface area contributed by atoms with E-state index in [0.717, 1.165) is 4.31 Å². The molecule has 1 aliphatic rings. The van der Waals surface area contributed by atoms with Crippen LogP contribution in [0.1, 0.15) is 5.56 Å². The lowest BCUT2D eigenvalue weighted by molar-refractivity contribution is -0.384. The number of nitrogens with one attached hydrogen (secondary N) is 1. The second kappa shape index (κ2) is 13.1. The van der Waals surface area contributed by atoms with E-state index in [9.17, 15) is 23.3 Å². The number of ether oxygens (including phenoxy) is 3. The first-order valence-electron chi connectivity index (χ1n) is 12.5. The summed E-state index contributed by atoms with van der Waals surface area (Å²) in [6.07, 6.45) is 1.29. The van der Waals surface area contributed by atoms with Crippen LogP contribution in [0.4, 0.5) is 17.1 Å². The Balaban J connectivity index is 1.61. The summed E-state index contributed by atoms with van der Waals surface area (Å²) in [5.41, 5.74) is 3.47. The zero-order valence-electron chi connectivity index (χ0n) is 22.4. The highest BCUT2D eigenvalue weighted by Gasteiger charge is 2.28. The summed E-state index contributed by atoms with van der Waals surface area (Å²) in [5, 5.41) is 15.3. The predicted octanol–water partition coefficient (Wildman–Crippen LogP) is 2.79. The van der Waals surface area contributed by atoms with Gasteiger partial charge in [-0.05, 0) is 30.3 Å². The number of morpholine rings is 1. The number of nitrogens with zero attached hydrogens (tertiary/aromatic N) is 4.